The van der Waals surface area contributed by atoms with Crippen molar-refractivity contribution >= 4 is 11.9 Å². The van der Waals surface area contributed by atoms with Crippen molar-refractivity contribution in [3.63, 3.8) is 0 Å². The molecule has 2 N–H and O–H groups in total. The molecule has 0 aromatic carbocycles. The summed E-state index contributed by atoms with van der Waals surface area (Å²) < 4.78 is 1.46. The highest BCUT2D eigenvalue weighted by molar-refractivity contribution is 5.87. The fraction of sp³-hybridized carbons (Fsp3) is 0.714. The number of amides is 1. The Hall–Kier alpha value is -1.92. The summed E-state index contributed by atoms with van der Waals surface area (Å²) in [6.07, 6.45) is 2.76. The Bertz CT molecular complexity index is 534. The van der Waals surface area contributed by atoms with Crippen molar-refractivity contribution in [3.8, 4) is 0 Å². The van der Waals surface area contributed by atoms with E-state index in [2.05, 4.69) is 29.5 Å². The Kier molecular flexibility index (Phi) is 4.59. The Labute approximate surface area is 123 Å². The van der Waals surface area contributed by atoms with Gasteiger partial charge in [-0.05, 0) is 32.1 Å². The summed E-state index contributed by atoms with van der Waals surface area (Å²) >= 11 is 0. The first-order chi connectivity index (χ1) is 9.91. The van der Waals surface area contributed by atoms with E-state index in [4.69, 9.17) is 5.11 Å². The summed E-state index contributed by atoms with van der Waals surface area (Å²) in [6.45, 7) is 6.52. The largest absolute Gasteiger partial charge is 0.476 e. The molecule has 7 nitrogen and oxygen atoms in total. The maximum atomic E-state index is 12.2. The topological polar surface area (TPSA) is 97.1 Å². The van der Waals surface area contributed by atoms with Gasteiger partial charge in [0.25, 0.3) is 0 Å². The Morgan fingerprint density at radius 2 is 2.05 bits per heavy atom. The lowest BCUT2D eigenvalue weighted by Crippen LogP contribution is -2.33. The molecule has 0 saturated heterocycles. The second kappa shape index (κ2) is 6.24. The summed E-state index contributed by atoms with van der Waals surface area (Å²) in [7, 11) is 0. The second-order valence-corrected chi connectivity index (χ2v) is 6.00. The van der Waals surface area contributed by atoms with Crippen LogP contribution in [0, 0.1) is 5.92 Å². The van der Waals surface area contributed by atoms with Gasteiger partial charge in [-0.15, -0.1) is 5.10 Å². The zero-order valence-electron chi connectivity index (χ0n) is 12.7. The predicted molar refractivity (Wildman–Crippen MR) is 76.1 cm³/mol. The third-order valence-corrected chi connectivity index (χ3v) is 3.66. The molecule has 0 spiro atoms. The van der Waals surface area contributed by atoms with Gasteiger partial charge in [0.1, 0.15) is 6.04 Å². The van der Waals surface area contributed by atoms with Gasteiger partial charge in [0, 0.05) is 12.5 Å². The zero-order chi connectivity index (χ0) is 15.6. The van der Waals surface area contributed by atoms with Gasteiger partial charge >= 0.3 is 5.97 Å². The van der Waals surface area contributed by atoms with Gasteiger partial charge in [-0.1, -0.05) is 19.1 Å². The highest BCUT2D eigenvalue weighted by Gasteiger charge is 2.36. The molecule has 1 aromatic heterocycles. The average molecular weight is 294 g/mol. The zero-order valence-corrected chi connectivity index (χ0v) is 12.7. The number of aromatic carboxylic acids is 1. The van der Waals surface area contributed by atoms with Crippen molar-refractivity contribution in [2.24, 2.45) is 5.92 Å². The first-order valence-corrected chi connectivity index (χ1v) is 7.37. The third-order valence-electron chi connectivity index (χ3n) is 3.66. The minimum atomic E-state index is -1.09. The smallest absolute Gasteiger partial charge is 0.358 e. The van der Waals surface area contributed by atoms with Crippen LogP contribution in [0.5, 0.6) is 0 Å². The maximum absolute atomic E-state index is 12.2. The molecule has 0 aliphatic heterocycles. The summed E-state index contributed by atoms with van der Waals surface area (Å²) in [6, 6.07) is -0.548. The van der Waals surface area contributed by atoms with Crippen molar-refractivity contribution in [1.29, 1.82) is 0 Å². The van der Waals surface area contributed by atoms with Crippen molar-refractivity contribution in [1.82, 2.24) is 20.3 Å². The molecular formula is C14H22N4O3. The molecule has 116 valence electrons. The van der Waals surface area contributed by atoms with Crippen molar-refractivity contribution < 1.29 is 14.7 Å². The van der Waals surface area contributed by atoms with E-state index in [0.29, 0.717) is 18.2 Å². The van der Waals surface area contributed by atoms with E-state index in [9.17, 15) is 9.59 Å². The fourth-order valence-corrected chi connectivity index (χ4v) is 2.22. The van der Waals surface area contributed by atoms with Gasteiger partial charge in [-0.2, -0.15) is 0 Å². The van der Waals surface area contributed by atoms with Gasteiger partial charge in [-0.25, -0.2) is 9.48 Å². The first kappa shape index (κ1) is 15.5. The van der Waals surface area contributed by atoms with Crippen LogP contribution in [0.4, 0.5) is 0 Å². The number of hydrogen-bond donors (Lipinski definition) is 2. The van der Waals surface area contributed by atoms with Gasteiger partial charge < -0.3 is 10.4 Å². The summed E-state index contributed by atoms with van der Waals surface area (Å²) in [4.78, 5) is 23.3. The number of carbonyl (C=O) groups excluding carboxylic acids is 1. The van der Waals surface area contributed by atoms with Gasteiger partial charge in [-0.3, -0.25) is 4.79 Å². The van der Waals surface area contributed by atoms with Crippen molar-refractivity contribution in [3.05, 3.63) is 11.4 Å². The molecule has 1 heterocycles. The monoisotopic (exact) mass is 294 g/mol. The fourth-order valence-electron chi connectivity index (χ4n) is 2.22. The van der Waals surface area contributed by atoms with Gasteiger partial charge in [0.2, 0.25) is 5.91 Å². The lowest BCUT2D eigenvalue weighted by atomic mass is 10.1. The number of carboxylic acids is 1. The molecule has 1 unspecified atom stereocenters. The van der Waals surface area contributed by atoms with Crippen LogP contribution in [0.25, 0.3) is 0 Å². The molecule has 21 heavy (non-hydrogen) atoms. The van der Waals surface area contributed by atoms with E-state index in [1.54, 1.807) is 6.92 Å². The number of hydrogen-bond acceptors (Lipinski definition) is 4. The van der Waals surface area contributed by atoms with Crippen LogP contribution in [-0.2, 0) is 4.79 Å². The van der Waals surface area contributed by atoms with E-state index in [0.717, 1.165) is 19.3 Å². The molecule has 1 fully saturated rings. The number of carbonyl (C=O) groups is 2. The Morgan fingerprint density at radius 1 is 1.38 bits per heavy atom. The normalized spacial score (nSPS) is 16.0. The number of aromatic nitrogens is 3. The van der Waals surface area contributed by atoms with Crippen LogP contribution in [0.15, 0.2) is 0 Å². The molecule has 1 saturated carbocycles. The molecule has 1 aliphatic carbocycles. The molecule has 7 heteroatoms. The number of carboxylic acid groups (broad SMARTS) is 1. The van der Waals surface area contributed by atoms with Crippen LogP contribution in [0.2, 0.25) is 0 Å². The highest BCUT2D eigenvalue weighted by atomic mass is 16.4. The summed E-state index contributed by atoms with van der Waals surface area (Å²) in [5.41, 5.74) is 0.549. The van der Waals surface area contributed by atoms with Gasteiger partial charge in [0.15, 0.2) is 5.69 Å². The van der Waals surface area contributed by atoms with E-state index < -0.39 is 12.0 Å². The van der Waals surface area contributed by atoms with E-state index in [-0.39, 0.29) is 17.5 Å². The lowest BCUT2D eigenvalue weighted by molar-refractivity contribution is -0.124. The van der Waals surface area contributed by atoms with Crippen LogP contribution in [0.1, 0.15) is 68.2 Å². The lowest BCUT2D eigenvalue weighted by Gasteiger charge is -2.15. The van der Waals surface area contributed by atoms with Crippen molar-refractivity contribution in [2.75, 3.05) is 6.54 Å². The predicted octanol–water partition coefficient (Wildman–Crippen LogP) is 1.58. The SMILES string of the molecule is CC(C)CCNC(=O)C(C)n1nnc(C(=O)O)c1C1CC1. The Morgan fingerprint density at radius 3 is 2.57 bits per heavy atom. The van der Waals surface area contributed by atoms with E-state index in [1.165, 1.54) is 4.68 Å². The average Bonchev–Trinajstić information content (AvgIpc) is 3.15. The molecule has 1 aliphatic rings. The van der Waals surface area contributed by atoms with Crippen LogP contribution >= 0.6 is 0 Å². The van der Waals surface area contributed by atoms with Gasteiger partial charge in [0.05, 0.1) is 5.69 Å². The van der Waals surface area contributed by atoms with Crippen LogP contribution < -0.4 is 5.32 Å². The minimum Gasteiger partial charge on any atom is -0.476 e. The van der Waals surface area contributed by atoms with Crippen LogP contribution in [0.3, 0.4) is 0 Å². The molecule has 2 rings (SSSR count). The maximum Gasteiger partial charge on any atom is 0.358 e. The third kappa shape index (κ3) is 3.59. The number of nitrogens with zero attached hydrogens (tertiary/aromatic N) is 3. The first-order valence-electron chi connectivity index (χ1n) is 7.37. The molecule has 1 aromatic rings. The number of nitrogens with one attached hydrogen (secondary N) is 1. The molecule has 1 amide bonds. The Balaban J connectivity index is 2.10. The summed E-state index contributed by atoms with van der Waals surface area (Å²) in [5, 5.41) is 19.6. The minimum absolute atomic E-state index is 0.0284. The number of rotatable bonds is 7. The highest BCUT2D eigenvalue weighted by Crippen LogP contribution is 2.41. The molecule has 1 atom stereocenters. The van der Waals surface area contributed by atoms with E-state index in [1.807, 2.05) is 0 Å². The van der Waals surface area contributed by atoms with Crippen LogP contribution in [-0.4, -0.2) is 38.5 Å². The van der Waals surface area contributed by atoms with E-state index >= 15 is 0 Å². The van der Waals surface area contributed by atoms with Crippen molar-refractivity contribution in [2.45, 2.75) is 52.0 Å². The molecule has 0 bridgehead atoms. The standard InChI is InChI=1S/C14H22N4O3/c1-8(2)6-7-15-13(19)9(3)18-12(10-4-5-10)11(14(20)21)16-17-18/h8-10H,4-7H2,1-3H3,(H,15,19)(H,20,21). The molecule has 0 radical (unpaired) electrons. The summed E-state index contributed by atoms with van der Waals surface area (Å²) in [5.74, 6) is -0.556. The molecular weight excluding hydrogens is 272 g/mol. The second-order valence-electron chi connectivity index (χ2n) is 6.00. The quantitative estimate of drug-likeness (QED) is 0.795.